The molecule has 2 rings (SSSR count). The summed E-state index contributed by atoms with van der Waals surface area (Å²) in [6.07, 6.45) is 1.74. The molecule has 1 heterocycles. The molecule has 0 aromatic heterocycles. The van der Waals surface area contributed by atoms with Crippen LogP contribution in [0.4, 0.5) is 5.69 Å². The van der Waals surface area contributed by atoms with Crippen molar-refractivity contribution in [2.24, 2.45) is 0 Å². The number of piperidine rings is 1. The zero-order valence-electron chi connectivity index (χ0n) is 11.3. The van der Waals surface area contributed by atoms with E-state index >= 15 is 0 Å². The van der Waals surface area contributed by atoms with Crippen LogP contribution in [0.2, 0.25) is 0 Å². The minimum Gasteiger partial charge on any atom is -0.391 e. The van der Waals surface area contributed by atoms with Gasteiger partial charge in [0.2, 0.25) is 0 Å². The number of rotatable bonds is 1. The van der Waals surface area contributed by atoms with E-state index in [1.165, 1.54) is 16.8 Å². The molecule has 1 unspecified atom stereocenters. The Morgan fingerprint density at radius 3 is 2.71 bits per heavy atom. The molecule has 1 fully saturated rings. The molecule has 1 aliphatic rings. The second kappa shape index (κ2) is 4.34. The summed E-state index contributed by atoms with van der Waals surface area (Å²) < 4.78 is 0. The predicted molar refractivity (Wildman–Crippen MR) is 72.6 cm³/mol. The monoisotopic (exact) mass is 233 g/mol. The van der Waals surface area contributed by atoms with Crippen LogP contribution in [0, 0.1) is 13.8 Å². The summed E-state index contributed by atoms with van der Waals surface area (Å²) >= 11 is 0. The molecule has 1 aliphatic heterocycles. The van der Waals surface area contributed by atoms with Gasteiger partial charge in [-0.1, -0.05) is 12.1 Å². The summed E-state index contributed by atoms with van der Waals surface area (Å²) in [5.74, 6) is 0. The average molecular weight is 233 g/mol. The van der Waals surface area contributed by atoms with E-state index in [1.54, 1.807) is 0 Å². The highest BCUT2D eigenvalue weighted by Crippen LogP contribution is 2.35. The van der Waals surface area contributed by atoms with Gasteiger partial charge >= 0.3 is 0 Å². The molecule has 17 heavy (non-hydrogen) atoms. The molecule has 0 bridgehead atoms. The lowest BCUT2D eigenvalue weighted by atomic mass is 9.86. The van der Waals surface area contributed by atoms with Gasteiger partial charge in [0.05, 0.1) is 11.6 Å². The van der Waals surface area contributed by atoms with Crippen LogP contribution < -0.4 is 4.90 Å². The third-order valence-electron chi connectivity index (χ3n) is 4.24. The van der Waals surface area contributed by atoms with Gasteiger partial charge in [-0.15, -0.1) is 0 Å². The SMILES string of the molecule is Cc1cccc(N2CCCC(O)C2(C)C)c1C. The van der Waals surface area contributed by atoms with E-state index in [0.717, 1.165) is 19.4 Å². The van der Waals surface area contributed by atoms with Crippen molar-refractivity contribution in [1.29, 1.82) is 0 Å². The van der Waals surface area contributed by atoms with Crippen LogP contribution in [0.1, 0.15) is 37.8 Å². The fourth-order valence-electron chi connectivity index (χ4n) is 2.72. The number of aryl methyl sites for hydroxylation is 1. The summed E-state index contributed by atoms with van der Waals surface area (Å²) in [6.45, 7) is 9.62. The summed E-state index contributed by atoms with van der Waals surface area (Å²) in [5.41, 5.74) is 3.75. The molecule has 0 saturated carbocycles. The fraction of sp³-hybridized carbons (Fsp3) is 0.600. The van der Waals surface area contributed by atoms with E-state index in [-0.39, 0.29) is 11.6 Å². The zero-order chi connectivity index (χ0) is 12.6. The number of aliphatic hydroxyl groups is 1. The highest BCUT2D eigenvalue weighted by atomic mass is 16.3. The summed E-state index contributed by atoms with van der Waals surface area (Å²) in [4.78, 5) is 2.36. The number of anilines is 1. The van der Waals surface area contributed by atoms with Crippen molar-refractivity contribution in [3.05, 3.63) is 29.3 Å². The first-order valence-corrected chi connectivity index (χ1v) is 6.46. The highest BCUT2D eigenvalue weighted by Gasteiger charge is 2.38. The van der Waals surface area contributed by atoms with Gasteiger partial charge < -0.3 is 10.0 Å². The van der Waals surface area contributed by atoms with Gasteiger partial charge in [-0.25, -0.2) is 0 Å². The number of hydrogen-bond acceptors (Lipinski definition) is 2. The summed E-state index contributed by atoms with van der Waals surface area (Å²) in [6, 6.07) is 6.42. The quantitative estimate of drug-likeness (QED) is 0.806. The van der Waals surface area contributed by atoms with Crippen LogP contribution in [-0.2, 0) is 0 Å². The molecule has 0 aliphatic carbocycles. The fourth-order valence-corrected chi connectivity index (χ4v) is 2.72. The first-order chi connectivity index (χ1) is 7.94. The normalized spacial score (nSPS) is 23.8. The van der Waals surface area contributed by atoms with E-state index in [0.29, 0.717) is 0 Å². The van der Waals surface area contributed by atoms with E-state index < -0.39 is 0 Å². The molecule has 1 aromatic carbocycles. The van der Waals surface area contributed by atoms with E-state index in [1.807, 2.05) is 0 Å². The van der Waals surface area contributed by atoms with Crippen LogP contribution in [0.5, 0.6) is 0 Å². The Morgan fingerprint density at radius 1 is 1.29 bits per heavy atom. The third kappa shape index (κ3) is 2.06. The molecule has 2 heteroatoms. The number of hydrogen-bond donors (Lipinski definition) is 1. The molecule has 1 aromatic rings. The van der Waals surface area contributed by atoms with Gasteiger partial charge in [-0.05, 0) is 57.7 Å². The average Bonchev–Trinajstić information content (AvgIpc) is 2.27. The van der Waals surface area contributed by atoms with Crippen molar-refractivity contribution < 1.29 is 5.11 Å². The molecular weight excluding hydrogens is 210 g/mol. The number of nitrogens with zero attached hydrogens (tertiary/aromatic N) is 1. The predicted octanol–water partition coefficient (Wildman–Crippen LogP) is 3.04. The van der Waals surface area contributed by atoms with E-state index in [4.69, 9.17) is 0 Å². The molecule has 1 saturated heterocycles. The van der Waals surface area contributed by atoms with Gasteiger partial charge in [0.1, 0.15) is 0 Å². The highest BCUT2D eigenvalue weighted by molar-refractivity contribution is 5.58. The summed E-state index contributed by atoms with van der Waals surface area (Å²) in [7, 11) is 0. The van der Waals surface area contributed by atoms with Crippen LogP contribution >= 0.6 is 0 Å². The smallest absolute Gasteiger partial charge is 0.0767 e. The van der Waals surface area contributed by atoms with Crippen molar-refractivity contribution in [1.82, 2.24) is 0 Å². The number of aliphatic hydroxyl groups excluding tert-OH is 1. The maximum absolute atomic E-state index is 10.2. The summed E-state index contributed by atoms with van der Waals surface area (Å²) in [5, 5.41) is 10.2. The van der Waals surface area contributed by atoms with E-state index in [9.17, 15) is 5.11 Å². The van der Waals surface area contributed by atoms with Gasteiger partial charge in [0.15, 0.2) is 0 Å². The minimum atomic E-state index is -0.240. The molecule has 0 radical (unpaired) electrons. The first kappa shape index (κ1) is 12.4. The Labute approximate surface area is 104 Å². The van der Waals surface area contributed by atoms with Crippen molar-refractivity contribution >= 4 is 5.69 Å². The lowest BCUT2D eigenvalue weighted by Crippen LogP contribution is -2.56. The lowest BCUT2D eigenvalue weighted by molar-refractivity contribution is 0.0711. The Morgan fingerprint density at radius 2 is 2.00 bits per heavy atom. The second-order valence-electron chi connectivity index (χ2n) is 5.68. The standard InChI is InChI=1S/C15H23NO/c1-11-7-5-8-13(12(11)2)16-10-6-9-14(17)15(16,3)4/h5,7-8,14,17H,6,9-10H2,1-4H3. The molecule has 1 atom stereocenters. The van der Waals surface area contributed by atoms with Crippen molar-refractivity contribution in [2.45, 2.75) is 52.2 Å². The Bertz CT molecular complexity index is 411. The van der Waals surface area contributed by atoms with Crippen LogP contribution in [0.3, 0.4) is 0 Å². The zero-order valence-corrected chi connectivity index (χ0v) is 11.3. The van der Waals surface area contributed by atoms with Crippen LogP contribution in [0.25, 0.3) is 0 Å². The number of benzene rings is 1. The Balaban J connectivity index is 2.42. The van der Waals surface area contributed by atoms with Crippen molar-refractivity contribution in [3.63, 3.8) is 0 Å². The second-order valence-corrected chi connectivity index (χ2v) is 5.68. The molecule has 0 amide bonds. The minimum absolute atomic E-state index is 0.170. The Kier molecular flexibility index (Phi) is 3.17. The maximum Gasteiger partial charge on any atom is 0.0767 e. The van der Waals surface area contributed by atoms with Crippen molar-refractivity contribution in [2.75, 3.05) is 11.4 Å². The Hall–Kier alpha value is -1.02. The lowest BCUT2D eigenvalue weighted by Gasteiger charge is -2.48. The van der Waals surface area contributed by atoms with Gasteiger partial charge in [-0.2, -0.15) is 0 Å². The first-order valence-electron chi connectivity index (χ1n) is 6.46. The van der Waals surface area contributed by atoms with E-state index in [2.05, 4.69) is 50.8 Å². The third-order valence-corrected chi connectivity index (χ3v) is 4.24. The van der Waals surface area contributed by atoms with Gasteiger partial charge in [-0.3, -0.25) is 0 Å². The largest absolute Gasteiger partial charge is 0.391 e. The molecule has 1 N–H and O–H groups in total. The molecule has 2 nitrogen and oxygen atoms in total. The molecule has 0 spiro atoms. The van der Waals surface area contributed by atoms with Gasteiger partial charge in [0.25, 0.3) is 0 Å². The van der Waals surface area contributed by atoms with Crippen LogP contribution in [-0.4, -0.2) is 23.3 Å². The maximum atomic E-state index is 10.2. The molecule has 94 valence electrons. The molecular formula is C15H23NO. The topological polar surface area (TPSA) is 23.5 Å². The van der Waals surface area contributed by atoms with Crippen LogP contribution in [0.15, 0.2) is 18.2 Å². The van der Waals surface area contributed by atoms with Gasteiger partial charge in [0, 0.05) is 12.2 Å². The van der Waals surface area contributed by atoms with Crippen molar-refractivity contribution in [3.8, 4) is 0 Å².